The summed E-state index contributed by atoms with van der Waals surface area (Å²) in [6.07, 6.45) is 11.0. The smallest absolute Gasteiger partial charge is 0.333 e. The molecule has 0 aromatic heterocycles. The molecule has 2 aromatic carbocycles. The summed E-state index contributed by atoms with van der Waals surface area (Å²) in [4.78, 5) is 26.2. The summed E-state index contributed by atoms with van der Waals surface area (Å²) in [7, 11) is -3.30. The number of unbranched alkanes of at least 4 members (excludes halogenated alkanes) is 1. The molecular weight excluding hydrogens is 609 g/mol. The molecule has 0 spiro atoms. The summed E-state index contributed by atoms with van der Waals surface area (Å²) in [6.45, 7) is 15.2. The molecule has 0 saturated carbocycles. The topological polar surface area (TPSA) is 65.0 Å². The van der Waals surface area contributed by atoms with Crippen LogP contribution in [0.15, 0.2) is 95.6 Å². The van der Waals surface area contributed by atoms with Crippen LogP contribution in [-0.4, -0.2) is 56.2 Å². The molecular formula is C39H56O5SSi. The Morgan fingerprint density at radius 1 is 1.02 bits per heavy atom. The average Bonchev–Trinajstić information content (AvgIpc) is 3.07. The predicted octanol–water partition coefficient (Wildman–Crippen LogP) is 7.98. The molecule has 5 nitrogen and oxygen atoms in total. The van der Waals surface area contributed by atoms with E-state index in [4.69, 9.17) is 14.2 Å². The lowest BCUT2D eigenvalue weighted by molar-refractivity contribution is -0.142. The lowest BCUT2D eigenvalue weighted by Gasteiger charge is -2.45. The first-order chi connectivity index (χ1) is 22.0. The van der Waals surface area contributed by atoms with Gasteiger partial charge in [-0.1, -0.05) is 112 Å². The van der Waals surface area contributed by atoms with Gasteiger partial charge in [0.2, 0.25) is 0 Å². The van der Waals surface area contributed by atoms with Gasteiger partial charge in [-0.05, 0) is 74.2 Å². The van der Waals surface area contributed by atoms with Crippen LogP contribution in [0.25, 0.3) is 0 Å². The van der Waals surface area contributed by atoms with Crippen LogP contribution in [-0.2, 0) is 19.0 Å². The van der Waals surface area contributed by atoms with Gasteiger partial charge in [0.25, 0.3) is 8.32 Å². The molecule has 2 aromatic rings. The molecule has 7 heteroatoms. The Hall–Kier alpha value is -2.42. The number of benzene rings is 2. The quantitative estimate of drug-likeness (QED) is 0.0771. The van der Waals surface area contributed by atoms with E-state index in [0.29, 0.717) is 37.4 Å². The second kappa shape index (κ2) is 18.2. The highest BCUT2D eigenvalue weighted by atomic mass is 32.2. The first-order valence-electron chi connectivity index (χ1n) is 16.7. The van der Waals surface area contributed by atoms with E-state index < -0.39 is 13.4 Å². The first-order valence-corrected chi connectivity index (χ1v) is 20.1. The van der Waals surface area contributed by atoms with Crippen LogP contribution < -0.4 is 10.4 Å². The van der Waals surface area contributed by atoms with Crippen LogP contribution >= 0.6 is 11.8 Å². The fraction of sp³-hybridized carbons (Fsp3) is 0.513. The fourth-order valence-electron chi connectivity index (χ4n) is 6.39. The van der Waals surface area contributed by atoms with E-state index >= 15 is 0 Å². The Kier molecular flexibility index (Phi) is 15.1. The van der Waals surface area contributed by atoms with E-state index in [1.54, 1.807) is 11.8 Å². The zero-order chi connectivity index (χ0) is 33.7. The number of ether oxygens (including phenoxy) is 3. The van der Waals surface area contributed by atoms with E-state index in [0.717, 1.165) is 34.4 Å². The second-order valence-corrected chi connectivity index (χ2v) is 17.9. The van der Waals surface area contributed by atoms with Crippen molar-refractivity contribution in [3.05, 3.63) is 95.6 Å². The Labute approximate surface area is 283 Å². The largest absolute Gasteiger partial charge is 0.454 e. The third-order valence-corrected chi connectivity index (χ3v) is 14.4. The number of rotatable bonds is 13. The van der Waals surface area contributed by atoms with Crippen molar-refractivity contribution in [1.29, 1.82) is 0 Å². The molecule has 4 atom stereocenters. The van der Waals surface area contributed by atoms with Gasteiger partial charge in [-0.25, -0.2) is 4.79 Å². The average molecular weight is 665 g/mol. The number of allylic oxidation sites excluding steroid dienone is 1. The van der Waals surface area contributed by atoms with Gasteiger partial charge in [-0.2, -0.15) is 0 Å². The van der Waals surface area contributed by atoms with E-state index in [1.807, 2.05) is 75.6 Å². The van der Waals surface area contributed by atoms with Gasteiger partial charge < -0.3 is 19.0 Å². The molecule has 1 heterocycles. The number of hydrogen-bond acceptors (Lipinski definition) is 6. The van der Waals surface area contributed by atoms with Crippen LogP contribution in [0.3, 0.4) is 0 Å². The molecule has 46 heavy (non-hydrogen) atoms. The number of carbonyl (C=O) groups is 1. The number of hydrogen-bond donors (Lipinski definition) is 1. The molecule has 252 valence electrons. The van der Waals surface area contributed by atoms with Crippen LogP contribution in [0, 0.1) is 5.92 Å². The highest BCUT2D eigenvalue weighted by Crippen LogP contribution is 2.45. The maximum absolute atomic E-state index is 13.1. The van der Waals surface area contributed by atoms with Gasteiger partial charge >= 0.3 is 5.97 Å². The Morgan fingerprint density at radius 2 is 1.63 bits per heavy atom. The van der Waals surface area contributed by atoms with Crippen molar-refractivity contribution in [1.82, 2.24) is 0 Å². The maximum Gasteiger partial charge on any atom is 0.333 e. The van der Waals surface area contributed by atoms with Crippen molar-refractivity contribution in [2.75, 3.05) is 18.8 Å². The summed E-state index contributed by atoms with van der Waals surface area (Å²) in [5.74, 6) is 0.161. The third-order valence-electron chi connectivity index (χ3n) is 9.49. The zero-order valence-electron chi connectivity index (χ0n) is 29.3. The predicted molar refractivity (Wildman–Crippen MR) is 196 cm³/mol. The molecule has 0 radical (unpaired) electrons. The Balaban J connectivity index is 2.22. The SMILES string of the molecule is C/C=C(/C)[C@H]1C/C=C(\C)[C@@H](CC(C)(C)[Si](O)(c2ccccc2)c2ccccc2)[C@H](OCCCC)C(OCSC)C/C=C(/C)C(=O)O1. The highest BCUT2D eigenvalue weighted by molar-refractivity contribution is 7.98. The lowest BCUT2D eigenvalue weighted by Crippen LogP contribution is -2.66. The standard InChI is InChI=1S/C39H56O5SSi/c1-9-11-26-42-37-34(27-39(6,7)46(41,32-18-14-12-15-19-32)33-20-16-13-17-21-33)30(4)22-24-35(29(3)10-2)44-38(40)31(5)23-25-36(37)43-28-45-8/h10,12-23,34-37,41H,9,11,24-28H2,1-8H3/b29-10-,30-22+,31-23-/t34-,35-,36?,37+/m1/s1. The molecule has 0 saturated heterocycles. The minimum Gasteiger partial charge on any atom is -0.454 e. The number of esters is 1. The van der Waals surface area contributed by atoms with Crippen molar-refractivity contribution in [2.24, 2.45) is 5.92 Å². The molecule has 0 fully saturated rings. The minimum atomic E-state index is -3.30. The van der Waals surface area contributed by atoms with E-state index in [2.05, 4.69) is 58.0 Å². The van der Waals surface area contributed by atoms with E-state index in [-0.39, 0.29) is 30.2 Å². The summed E-state index contributed by atoms with van der Waals surface area (Å²) in [5.41, 5.74) is 2.76. The van der Waals surface area contributed by atoms with Gasteiger partial charge in [0.05, 0.1) is 18.1 Å². The molecule has 0 bridgehead atoms. The number of carbonyl (C=O) groups excluding carboxylic acids is 1. The van der Waals surface area contributed by atoms with E-state index in [1.165, 1.54) is 0 Å². The Morgan fingerprint density at radius 3 is 2.17 bits per heavy atom. The summed E-state index contributed by atoms with van der Waals surface area (Å²) in [6, 6.07) is 20.4. The number of cyclic esters (lactones) is 1. The number of thioether (sulfide) groups is 1. The van der Waals surface area contributed by atoms with Gasteiger partial charge in [0, 0.05) is 24.5 Å². The molecule has 0 aliphatic carbocycles. The minimum absolute atomic E-state index is 0.0550. The van der Waals surface area contributed by atoms with Gasteiger partial charge in [0.15, 0.2) is 0 Å². The molecule has 1 N–H and O–H groups in total. The van der Waals surface area contributed by atoms with Crippen molar-refractivity contribution in [2.45, 2.75) is 104 Å². The molecule has 1 aliphatic rings. The monoisotopic (exact) mass is 664 g/mol. The van der Waals surface area contributed by atoms with Crippen LogP contribution in [0.1, 0.15) is 80.6 Å². The van der Waals surface area contributed by atoms with Crippen LogP contribution in [0.4, 0.5) is 0 Å². The molecule has 1 unspecified atom stereocenters. The highest BCUT2D eigenvalue weighted by Gasteiger charge is 2.52. The summed E-state index contributed by atoms with van der Waals surface area (Å²) in [5, 5.41) is 1.49. The fourth-order valence-corrected chi connectivity index (χ4v) is 10.5. The molecule has 3 rings (SSSR count). The maximum atomic E-state index is 13.1. The van der Waals surface area contributed by atoms with Crippen molar-refractivity contribution in [3.8, 4) is 0 Å². The van der Waals surface area contributed by atoms with Gasteiger partial charge in [0.1, 0.15) is 6.10 Å². The third kappa shape index (κ3) is 9.57. The first kappa shape index (κ1) is 38.0. The van der Waals surface area contributed by atoms with Crippen LogP contribution in [0.2, 0.25) is 5.04 Å². The van der Waals surface area contributed by atoms with Gasteiger partial charge in [-0.3, -0.25) is 0 Å². The molecule has 1 aliphatic heterocycles. The van der Waals surface area contributed by atoms with Gasteiger partial charge in [-0.15, -0.1) is 11.8 Å². The summed E-state index contributed by atoms with van der Waals surface area (Å²) < 4.78 is 19.4. The van der Waals surface area contributed by atoms with Crippen molar-refractivity contribution >= 4 is 36.4 Å². The molecule has 0 amide bonds. The second-order valence-electron chi connectivity index (χ2n) is 13.2. The zero-order valence-corrected chi connectivity index (χ0v) is 31.1. The van der Waals surface area contributed by atoms with E-state index in [9.17, 15) is 9.59 Å². The Bertz CT molecular complexity index is 1280. The van der Waals surface area contributed by atoms with Crippen LogP contribution in [0.5, 0.6) is 0 Å². The summed E-state index contributed by atoms with van der Waals surface area (Å²) >= 11 is 1.63. The lowest BCUT2D eigenvalue weighted by atomic mass is 9.81. The van der Waals surface area contributed by atoms with Crippen molar-refractivity contribution < 1.29 is 23.8 Å². The van der Waals surface area contributed by atoms with Crippen molar-refractivity contribution in [3.63, 3.8) is 0 Å². The normalized spacial score (nSPS) is 24.5.